The highest BCUT2D eigenvalue weighted by atomic mass is 35.5. The van der Waals surface area contributed by atoms with E-state index in [-0.39, 0.29) is 6.04 Å². The number of likely N-dealkylation sites (N-methyl/N-ethyl adjacent to an activating group) is 1. The molecule has 1 N–H and O–H groups in total. The molecule has 5 heteroatoms. The second-order valence-corrected chi connectivity index (χ2v) is 5.41. The zero-order valence-corrected chi connectivity index (χ0v) is 12.7. The van der Waals surface area contributed by atoms with Crippen molar-refractivity contribution in [2.24, 2.45) is 0 Å². The van der Waals surface area contributed by atoms with E-state index < -0.39 is 0 Å². The summed E-state index contributed by atoms with van der Waals surface area (Å²) in [6.07, 6.45) is 0.692. The molecule has 1 atom stereocenters. The Labute approximate surface area is 127 Å². The Hall–Kier alpha value is -0.670. The van der Waals surface area contributed by atoms with Crippen molar-refractivity contribution >= 4 is 34.8 Å². The molecule has 1 aromatic carbocycles. The molecule has 1 heterocycles. The van der Waals surface area contributed by atoms with Crippen molar-refractivity contribution in [3.05, 3.63) is 56.9 Å². The molecule has 0 radical (unpaired) electrons. The predicted octanol–water partition coefficient (Wildman–Crippen LogP) is 5.13. The molecule has 0 spiro atoms. The monoisotopic (exact) mass is 317 g/mol. The summed E-state index contributed by atoms with van der Waals surface area (Å²) in [4.78, 5) is 0. The minimum atomic E-state index is 0.0217. The van der Waals surface area contributed by atoms with E-state index in [0.717, 1.165) is 17.9 Å². The molecule has 2 rings (SSSR count). The van der Waals surface area contributed by atoms with E-state index in [1.54, 1.807) is 18.2 Å². The van der Waals surface area contributed by atoms with Gasteiger partial charge in [0.1, 0.15) is 5.76 Å². The molecule has 102 valence electrons. The van der Waals surface area contributed by atoms with E-state index in [2.05, 4.69) is 5.32 Å². The first-order chi connectivity index (χ1) is 9.10. The molecule has 0 amide bonds. The van der Waals surface area contributed by atoms with Crippen LogP contribution in [0.25, 0.3) is 0 Å². The van der Waals surface area contributed by atoms with Gasteiger partial charge in [0.25, 0.3) is 0 Å². The summed E-state index contributed by atoms with van der Waals surface area (Å²) in [6.45, 7) is 2.86. The minimum absolute atomic E-state index is 0.0217. The average Bonchev–Trinajstić information content (AvgIpc) is 2.80. The van der Waals surface area contributed by atoms with Crippen molar-refractivity contribution in [3.63, 3.8) is 0 Å². The lowest BCUT2D eigenvalue weighted by Gasteiger charge is -2.16. The molecule has 0 saturated heterocycles. The van der Waals surface area contributed by atoms with E-state index in [0.29, 0.717) is 21.7 Å². The molecule has 0 saturated carbocycles. The van der Waals surface area contributed by atoms with E-state index in [1.807, 2.05) is 19.1 Å². The maximum Gasteiger partial charge on any atom is 0.193 e. The molecule has 0 aliphatic rings. The molecule has 0 fully saturated rings. The zero-order chi connectivity index (χ0) is 13.8. The van der Waals surface area contributed by atoms with Crippen molar-refractivity contribution in [2.45, 2.75) is 19.4 Å². The molecule has 0 bridgehead atoms. The largest absolute Gasteiger partial charge is 0.448 e. The number of halogens is 3. The fourth-order valence-corrected chi connectivity index (χ4v) is 2.50. The summed E-state index contributed by atoms with van der Waals surface area (Å²) in [5, 5.41) is 5.11. The molecule has 0 aliphatic carbocycles. The first-order valence-electron chi connectivity index (χ1n) is 6.02. The van der Waals surface area contributed by atoms with Crippen LogP contribution in [0.15, 0.2) is 34.7 Å². The number of nitrogens with one attached hydrogen (secondary N) is 1. The first-order valence-corrected chi connectivity index (χ1v) is 7.16. The van der Waals surface area contributed by atoms with Crippen molar-refractivity contribution in [3.8, 4) is 0 Å². The van der Waals surface area contributed by atoms with E-state index in [1.165, 1.54) is 0 Å². The molecular formula is C14H14Cl3NO. The number of rotatable bonds is 5. The predicted molar refractivity (Wildman–Crippen MR) is 80.3 cm³/mol. The van der Waals surface area contributed by atoms with Crippen LogP contribution in [0.1, 0.15) is 24.3 Å². The van der Waals surface area contributed by atoms with Gasteiger partial charge in [0.2, 0.25) is 0 Å². The summed E-state index contributed by atoms with van der Waals surface area (Å²) < 4.78 is 5.47. The van der Waals surface area contributed by atoms with Gasteiger partial charge < -0.3 is 9.73 Å². The van der Waals surface area contributed by atoms with Gasteiger partial charge in [-0.2, -0.15) is 0 Å². The third kappa shape index (κ3) is 3.90. The lowest BCUT2D eigenvalue weighted by molar-refractivity contribution is 0.417. The van der Waals surface area contributed by atoms with Crippen LogP contribution in [0.4, 0.5) is 0 Å². The lowest BCUT2D eigenvalue weighted by atomic mass is 10.0. The first kappa shape index (κ1) is 14.7. The van der Waals surface area contributed by atoms with Gasteiger partial charge in [-0.05, 0) is 60.5 Å². The highest BCUT2D eigenvalue weighted by Gasteiger charge is 2.16. The van der Waals surface area contributed by atoms with Crippen LogP contribution in [0.5, 0.6) is 0 Å². The third-order valence-corrected chi connectivity index (χ3v) is 3.63. The molecule has 2 aromatic rings. The fraction of sp³-hybridized carbons (Fsp3) is 0.286. The molecule has 0 aliphatic heterocycles. The van der Waals surface area contributed by atoms with Crippen LogP contribution in [-0.2, 0) is 6.42 Å². The van der Waals surface area contributed by atoms with Crippen molar-refractivity contribution in [1.82, 2.24) is 5.32 Å². The topological polar surface area (TPSA) is 25.2 Å². The van der Waals surface area contributed by atoms with Crippen LogP contribution in [0.2, 0.25) is 15.3 Å². The van der Waals surface area contributed by atoms with Crippen molar-refractivity contribution in [2.75, 3.05) is 6.54 Å². The van der Waals surface area contributed by atoms with Crippen molar-refractivity contribution < 1.29 is 4.42 Å². The second-order valence-electron chi connectivity index (χ2n) is 4.19. The van der Waals surface area contributed by atoms with Gasteiger partial charge in [0, 0.05) is 10.0 Å². The molecular weight excluding hydrogens is 305 g/mol. The maximum absolute atomic E-state index is 6.19. The van der Waals surface area contributed by atoms with Crippen LogP contribution in [0, 0.1) is 0 Å². The lowest BCUT2D eigenvalue weighted by Crippen LogP contribution is -2.22. The quantitative estimate of drug-likeness (QED) is 0.826. The SMILES string of the molecule is CCNC(Cc1cc(Cl)ccc1Cl)c1ccc(Cl)o1. The van der Waals surface area contributed by atoms with Crippen LogP contribution >= 0.6 is 34.8 Å². The Balaban J connectivity index is 2.23. The maximum atomic E-state index is 6.19. The van der Waals surface area contributed by atoms with Crippen LogP contribution < -0.4 is 5.32 Å². The number of benzene rings is 1. The smallest absolute Gasteiger partial charge is 0.193 e. The molecule has 19 heavy (non-hydrogen) atoms. The van der Waals surface area contributed by atoms with Gasteiger partial charge in [0.15, 0.2) is 5.22 Å². The normalized spacial score (nSPS) is 12.6. The van der Waals surface area contributed by atoms with Gasteiger partial charge in [-0.3, -0.25) is 0 Å². The summed E-state index contributed by atoms with van der Waals surface area (Å²) in [6, 6.07) is 9.08. The Bertz CT molecular complexity index is 553. The van der Waals surface area contributed by atoms with E-state index in [9.17, 15) is 0 Å². The minimum Gasteiger partial charge on any atom is -0.448 e. The highest BCUT2D eigenvalue weighted by Crippen LogP contribution is 2.28. The number of furan rings is 1. The van der Waals surface area contributed by atoms with Crippen LogP contribution in [-0.4, -0.2) is 6.54 Å². The summed E-state index contributed by atoms with van der Waals surface area (Å²) in [5.74, 6) is 0.794. The van der Waals surface area contributed by atoms with E-state index in [4.69, 9.17) is 39.2 Å². The third-order valence-electron chi connectivity index (χ3n) is 2.82. The summed E-state index contributed by atoms with van der Waals surface area (Å²) in [5.41, 5.74) is 0.979. The highest BCUT2D eigenvalue weighted by molar-refractivity contribution is 6.33. The second kappa shape index (κ2) is 6.67. The van der Waals surface area contributed by atoms with Gasteiger partial charge in [-0.1, -0.05) is 30.1 Å². The Morgan fingerprint density at radius 1 is 1.16 bits per heavy atom. The number of hydrogen-bond acceptors (Lipinski definition) is 2. The standard InChI is InChI=1S/C14H14Cl3NO/c1-2-18-12(13-5-6-14(17)19-13)8-9-7-10(15)3-4-11(9)16/h3-7,12,18H,2,8H2,1H3. The van der Waals surface area contributed by atoms with Gasteiger partial charge in [-0.25, -0.2) is 0 Å². The Kier molecular flexibility index (Phi) is 5.17. The van der Waals surface area contributed by atoms with Gasteiger partial charge >= 0.3 is 0 Å². The van der Waals surface area contributed by atoms with Gasteiger partial charge in [0.05, 0.1) is 6.04 Å². The summed E-state index contributed by atoms with van der Waals surface area (Å²) >= 11 is 18.0. The van der Waals surface area contributed by atoms with Crippen molar-refractivity contribution in [1.29, 1.82) is 0 Å². The Morgan fingerprint density at radius 2 is 1.95 bits per heavy atom. The summed E-state index contributed by atoms with van der Waals surface area (Å²) in [7, 11) is 0. The molecule has 1 aromatic heterocycles. The Morgan fingerprint density at radius 3 is 2.58 bits per heavy atom. The zero-order valence-electron chi connectivity index (χ0n) is 10.4. The molecule has 1 unspecified atom stereocenters. The molecule has 2 nitrogen and oxygen atoms in total. The van der Waals surface area contributed by atoms with Gasteiger partial charge in [-0.15, -0.1) is 0 Å². The number of hydrogen-bond donors (Lipinski definition) is 1. The average molecular weight is 319 g/mol. The fourth-order valence-electron chi connectivity index (χ4n) is 1.95. The van der Waals surface area contributed by atoms with E-state index >= 15 is 0 Å². The van der Waals surface area contributed by atoms with Crippen LogP contribution in [0.3, 0.4) is 0 Å².